The fourth-order valence-corrected chi connectivity index (χ4v) is 5.29. The number of furan rings is 1. The number of rotatable bonds is 9. The van der Waals surface area contributed by atoms with E-state index >= 15 is 0 Å². The second kappa shape index (κ2) is 12.3. The monoisotopic (exact) mass is 533 g/mol. The van der Waals surface area contributed by atoms with Gasteiger partial charge >= 0.3 is 0 Å². The lowest BCUT2D eigenvalue weighted by atomic mass is 10.0. The van der Waals surface area contributed by atoms with Crippen molar-refractivity contribution in [3.8, 4) is 11.5 Å². The molecule has 2 aliphatic rings. The predicted molar refractivity (Wildman–Crippen MR) is 148 cm³/mol. The highest BCUT2D eigenvalue weighted by Crippen LogP contribution is 2.36. The van der Waals surface area contributed by atoms with Crippen LogP contribution in [-0.4, -0.2) is 58.4 Å². The van der Waals surface area contributed by atoms with Gasteiger partial charge in [-0.2, -0.15) is 0 Å². The summed E-state index contributed by atoms with van der Waals surface area (Å²) in [6.45, 7) is 2.96. The van der Waals surface area contributed by atoms with Crippen LogP contribution in [-0.2, 0) is 9.53 Å². The first-order valence-corrected chi connectivity index (χ1v) is 13.4. The van der Waals surface area contributed by atoms with Crippen LogP contribution in [0.4, 0.5) is 11.4 Å². The molecule has 1 aromatic heterocycles. The zero-order valence-corrected chi connectivity index (χ0v) is 22.4. The minimum atomic E-state index is -0.959. The molecule has 2 aromatic carbocycles. The summed E-state index contributed by atoms with van der Waals surface area (Å²) in [5, 5.41) is 3.21. The van der Waals surface area contributed by atoms with E-state index in [1.54, 1.807) is 44.6 Å². The lowest BCUT2D eigenvalue weighted by Crippen LogP contribution is -2.46. The average Bonchev–Trinajstić information content (AvgIpc) is 3.71. The number of carbonyl (C=O) groups excluding carboxylic acids is 2. The van der Waals surface area contributed by atoms with Crippen molar-refractivity contribution in [1.82, 2.24) is 5.32 Å². The molecular formula is C30H35N3O6. The Labute approximate surface area is 228 Å². The smallest absolute Gasteiger partial charge is 0.294 e. The number of anilines is 2. The Bertz CT molecular complexity index is 1230. The van der Waals surface area contributed by atoms with Crippen molar-refractivity contribution in [2.45, 2.75) is 37.8 Å². The van der Waals surface area contributed by atoms with E-state index in [-0.39, 0.29) is 17.7 Å². The molecule has 9 nitrogen and oxygen atoms in total. The number of carbonyl (C=O) groups is 2. The molecule has 1 N–H and O–H groups in total. The number of hydrogen-bond acceptors (Lipinski definition) is 7. The van der Waals surface area contributed by atoms with Gasteiger partial charge < -0.3 is 28.8 Å². The molecule has 0 radical (unpaired) electrons. The summed E-state index contributed by atoms with van der Waals surface area (Å²) in [7, 11) is 3.10. The molecule has 1 atom stereocenters. The minimum absolute atomic E-state index is 0.0769. The maximum atomic E-state index is 14.1. The van der Waals surface area contributed by atoms with Gasteiger partial charge in [-0.3, -0.25) is 14.5 Å². The van der Waals surface area contributed by atoms with Crippen LogP contribution in [0.5, 0.6) is 11.5 Å². The van der Waals surface area contributed by atoms with E-state index in [9.17, 15) is 9.59 Å². The van der Waals surface area contributed by atoms with Crippen molar-refractivity contribution < 1.29 is 28.2 Å². The van der Waals surface area contributed by atoms with Crippen LogP contribution in [0.15, 0.2) is 65.3 Å². The fourth-order valence-electron chi connectivity index (χ4n) is 5.29. The Morgan fingerprint density at radius 3 is 2.23 bits per heavy atom. The molecule has 1 saturated carbocycles. The third-order valence-corrected chi connectivity index (χ3v) is 7.36. The van der Waals surface area contributed by atoms with E-state index in [2.05, 4.69) is 10.2 Å². The Morgan fingerprint density at radius 2 is 1.64 bits per heavy atom. The number of nitrogens with one attached hydrogen (secondary N) is 1. The molecule has 1 saturated heterocycles. The van der Waals surface area contributed by atoms with Crippen LogP contribution in [0.3, 0.4) is 0 Å². The number of benzene rings is 2. The molecule has 2 fully saturated rings. The lowest BCUT2D eigenvalue weighted by Gasteiger charge is -2.33. The molecule has 5 rings (SSSR count). The largest absolute Gasteiger partial charge is 0.497 e. The van der Waals surface area contributed by atoms with E-state index in [0.29, 0.717) is 36.0 Å². The maximum Gasteiger partial charge on any atom is 0.294 e. The van der Waals surface area contributed by atoms with Crippen molar-refractivity contribution in [3.63, 3.8) is 0 Å². The zero-order valence-electron chi connectivity index (χ0n) is 22.4. The van der Waals surface area contributed by atoms with E-state index in [0.717, 1.165) is 44.5 Å². The van der Waals surface area contributed by atoms with Gasteiger partial charge in [0.15, 0.2) is 5.76 Å². The Kier molecular flexibility index (Phi) is 8.36. The van der Waals surface area contributed by atoms with Crippen LogP contribution in [0, 0.1) is 0 Å². The third-order valence-electron chi connectivity index (χ3n) is 7.36. The number of amides is 2. The summed E-state index contributed by atoms with van der Waals surface area (Å²) in [4.78, 5) is 31.8. The first-order valence-electron chi connectivity index (χ1n) is 13.4. The average molecular weight is 534 g/mol. The second-order valence-corrected chi connectivity index (χ2v) is 9.81. The van der Waals surface area contributed by atoms with Gasteiger partial charge in [0.25, 0.3) is 5.91 Å². The van der Waals surface area contributed by atoms with Gasteiger partial charge in [-0.15, -0.1) is 0 Å². The third kappa shape index (κ3) is 6.04. The van der Waals surface area contributed by atoms with Crippen LogP contribution < -0.4 is 24.6 Å². The molecular weight excluding hydrogens is 498 g/mol. The number of hydrogen-bond donors (Lipinski definition) is 1. The summed E-state index contributed by atoms with van der Waals surface area (Å²) in [5.41, 5.74) is 2.18. The fraction of sp³-hybridized carbons (Fsp3) is 0.400. The van der Waals surface area contributed by atoms with E-state index in [1.165, 1.54) is 11.2 Å². The van der Waals surface area contributed by atoms with Gasteiger partial charge in [0.05, 0.1) is 39.4 Å². The van der Waals surface area contributed by atoms with Gasteiger partial charge in [0.2, 0.25) is 5.91 Å². The van der Waals surface area contributed by atoms with Crippen molar-refractivity contribution in [2.24, 2.45) is 0 Å². The molecule has 2 heterocycles. The zero-order chi connectivity index (χ0) is 27.2. The number of nitrogens with zero attached hydrogens (tertiary/aromatic N) is 2. The summed E-state index contributed by atoms with van der Waals surface area (Å²) in [5.74, 6) is 0.431. The molecule has 9 heteroatoms. The molecule has 2 amide bonds. The predicted octanol–water partition coefficient (Wildman–Crippen LogP) is 4.58. The summed E-state index contributed by atoms with van der Waals surface area (Å²) in [6, 6.07) is 15.4. The van der Waals surface area contributed by atoms with Gasteiger partial charge in [0, 0.05) is 43.0 Å². The molecule has 3 aromatic rings. The highest BCUT2D eigenvalue weighted by molar-refractivity contribution is 6.09. The van der Waals surface area contributed by atoms with E-state index < -0.39 is 11.9 Å². The minimum Gasteiger partial charge on any atom is -0.497 e. The van der Waals surface area contributed by atoms with Crippen molar-refractivity contribution in [3.05, 3.63) is 72.2 Å². The SMILES string of the molecule is COc1cc(OC)cc(N(C(=O)c2ccco2)[C@@H](C(=O)NC2CCCC2)c2ccc(N3CCOCC3)cc2)c1. The van der Waals surface area contributed by atoms with Crippen LogP contribution in [0.1, 0.15) is 47.8 Å². The van der Waals surface area contributed by atoms with Crippen molar-refractivity contribution >= 4 is 23.2 Å². The summed E-state index contributed by atoms with van der Waals surface area (Å²) >= 11 is 0. The molecule has 206 valence electrons. The van der Waals surface area contributed by atoms with Gasteiger partial charge in [-0.1, -0.05) is 25.0 Å². The quantitative estimate of drug-likeness (QED) is 0.430. The molecule has 1 aliphatic heterocycles. The molecule has 0 bridgehead atoms. The molecule has 1 aliphatic carbocycles. The Balaban J connectivity index is 1.59. The number of ether oxygens (including phenoxy) is 3. The second-order valence-electron chi connectivity index (χ2n) is 9.81. The summed E-state index contributed by atoms with van der Waals surface area (Å²) < 4.78 is 22.0. The van der Waals surface area contributed by atoms with E-state index in [1.807, 2.05) is 24.3 Å². The van der Waals surface area contributed by atoms with Crippen molar-refractivity contribution in [1.29, 1.82) is 0 Å². The van der Waals surface area contributed by atoms with Crippen molar-refractivity contribution in [2.75, 3.05) is 50.3 Å². The first kappa shape index (κ1) is 26.6. The van der Waals surface area contributed by atoms with Gasteiger partial charge in [0.1, 0.15) is 17.5 Å². The van der Waals surface area contributed by atoms with Crippen LogP contribution in [0.25, 0.3) is 0 Å². The van der Waals surface area contributed by atoms with Crippen LogP contribution in [0.2, 0.25) is 0 Å². The van der Waals surface area contributed by atoms with Crippen LogP contribution >= 0.6 is 0 Å². The molecule has 0 unspecified atom stereocenters. The highest BCUT2D eigenvalue weighted by Gasteiger charge is 2.36. The summed E-state index contributed by atoms with van der Waals surface area (Å²) in [6.07, 6.45) is 5.45. The Hall–Kier alpha value is -3.98. The van der Waals surface area contributed by atoms with Gasteiger partial charge in [-0.25, -0.2) is 0 Å². The van der Waals surface area contributed by atoms with E-state index in [4.69, 9.17) is 18.6 Å². The standard InChI is InChI=1S/C30H35N3O6/c1-36-25-18-24(19-26(20-25)37-2)33(30(35)27-8-5-15-39-27)28(29(34)31-22-6-3-4-7-22)21-9-11-23(12-10-21)32-13-16-38-17-14-32/h5,8-12,15,18-20,22,28H,3-4,6-7,13-14,16-17H2,1-2H3,(H,31,34)/t28-/m1/s1. The molecule has 39 heavy (non-hydrogen) atoms. The normalized spacial score (nSPS) is 16.5. The number of morpholine rings is 1. The Morgan fingerprint density at radius 1 is 0.974 bits per heavy atom. The topological polar surface area (TPSA) is 93.5 Å². The lowest BCUT2D eigenvalue weighted by molar-refractivity contribution is -0.123. The maximum absolute atomic E-state index is 14.1. The highest BCUT2D eigenvalue weighted by atomic mass is 16.5. The first-order chi connectivity index (χ1) is 19.1. The number of methoxy groups -OCH3 is 2. The molecule has 0 spiro atoms. The van der Waals surface area contributed by atoms with Gasteiger partial charge in [-0.05, 0) is 42.7 Å².